The maximum absolute atomic E-state index is 10.3. The fourth-order valence-electron chi connectivity index (χ4n) is 2.88. The standard InChI is InChI=1S/C22H31N3O3.HI/c1-4-23-22(25-15-13-20(26)17-8-6-5-7-9-17)24-14-12-18-16-19(27-2)10-11-21(18)28-3;/h5-11,16,20,26H,4,12-15H2,1-3H3,(H2,23,24,25);1H. The summed E-state index contributed by atoms with van der Waals surface area (Å²) in [6.07, 6.45) is 0.843. The molecule has 3 N–H and O–H groups in total. The highest BCUT2D eigenvalue weighted by Gasteiger charge is 2.08. The first-order chi connectivity index (χ1) is 13.7. The molecule has 2 aromatic rings. The zero-order valence-electron chi connectivity index (χ0n) is 17.4. The molecule has 0 fully saturated rings. The van der Waals surface area contributed by atoms with Crippen LogP contribution < -0.4 is 20.1 Å². The van der Waals surface area contributed by atoms with Crippen LogP contribution in [0.15, 0.2) is 53.5 Å². The monoisotopic (exact) mass is 513 g/mol. The van der Waals surface area contributed by atoms with Gasteiger partial charge in [0.1, 0.15) is 11.5 Å². The summed E-state index contributed by atoms with van der Waals surface area (Å²) in [6, 6.07) is 15.5. The van der Waals surface area contributed by atoms with Crippen molar-refractivity contribution in [3.63, 3.8) is 0 Å². The molecule has 0 saturated carbocycles. The molecule has 7 heteroatoms. The molecule has 2 rings (SSSR count). The van der Waals surface area contributed by atoms with Crippen molar-refractivity contribution in [1.29, 1.82) is 0 Å². The van der Waals surface area contributed by atoms with Crippen LogP contribution >= 0.6 is 24.0 Å². The number of aliphatic imine (C=N–C) groups is 1. The predicted molar refractivity (Wildman–Crippen MR) is 129 cm³/mol. The second-order valence-electron chi connectivity index (χ2n) is 6.33. The smallest absolute Gasteiger partial charge is 0.191 e. The zero-order valence-corrected chi connectivity index (χ0v) is 19.7. The lowest BCUT2D eigenvalue weighted by atomic mass is 10.1. The van der Waals surface area contributed by atoms with E-state index in [2.05, 4.69) is 15.6 Å². The summed E-state index contributed by atoms with van der Waals surface area (Å²) >= 11 is 0. The average Bonchev–Trinajstić information content (AvgIpc) is 2.74. The molecule has 6 nitrogen and oxygen atoms in total. The highest BCUT2D eigenvalue weighted by atomic mass is 127. The normalized spacial score (nSPS) is 11.9. The van der Waals surface area contributed by atoms with Crippen LogP contribution in [-0.4, -0.2) is 44.9 Å². The topological polar surface area (TPSA) is 75.1 Å². The van der Waals surface area contributed by atoms with E-state index in [9.17, 15) is 5.11 Å². The molecule has 1 unspecified atom stereocenters. The maximum atomic E-state index is 10.3. The van der Waals surface area contributed by atoms with Crippen molar-refractivity contribution >= 4 is 29.9 Å². The van der Waals surface area contributed by atoms with Gasteiger partial charge in [0.15, 0.2) is 5.96 Å². The van der Waals surface area contributed by atoms with E-state index in [0.29, 0.717) is 19.5 Å². The van der Waals surface area contributed by atoms with Gasteiger partial charge >= 0.3 is 0 Å². The van der Waals surface area contributed by atoms with Gasteiger partial charge in [0, 0.05) is 19.6 Å². The largest absolute Gasteiger partial charge is 0.497 e. The number of benzene rings is 2. The van der Waals surface area contributed by atoms with Crippen LogP contribution in [-0.2, 0) is 6.42 Å². The molecule has 0 heterocycles. The summed E-state index contributed by atoms with van der Waals surface area (Å²) in [4.78, 5) is 4.56. The molecule has 0 aliphatic rings. The molecule has 29 heavy (non-hydrogen) atoms. The lowest BCUT2D eigenvalue weighted by Crippen LogP contribution is -2.38. The van der Waals surface area contributed by atoms with Gasteiger partial charge in [0.2, 0.25) is 0 Å². The van der Waals surface area contributed by atoms with Crippen molar-refractivity contribution in [3.8, 4) is 11.5 Å². The van der Waals surface area contributed by atoms with Gasteiger partial charge in [-0.25, -0.2) is 0 Å². The first kappa shape index (κ1) is 25.0. The number of aliphatic hydroxyl groups is 1. The summed E-state index contributed by atoms with van der Waals surface area (Å²) in [5.74, 6) is 2.39. The number of rotatable bonds is 10. The fourth-order valence-corrected chi connectivity index (χ4v) is 2.88. The first-order valence-electron chi connectivity index (χ1n) is 9.64. The Morgan fingerprint density at radius 1 is 1.07 bits per heavy atom. The van der Waals surface area contributed by atoms with Gasteiger partial charge in [0.25, 0.3) is 0 Å². The summed E-state index contributed by atoms with van der Waals surface area (Å²) in [5, 5.41) is 16.8. The summed E-state index contributed by atoms with van der Waals surface area (Å²) < 4.78 is 10.7. The zero-order chi connectivity index (χ0) is 20.2. The van der Waals surface area contributed by atoms with Crippen LogP contribution in [0.3, 0.4) is 0 Å². The molecule has 0 radical (unpaired) electrons. The number of aliphatic hydroxyl groups excluding tert-OH is 1. The quantitative estimate of drug-likeness (QED) is 0.258. The molecule has 2 aromatic carbocycles. The predicted octanol–water partition coefficient (Wildman–Crippen LogP) is 3.54. The molecule has 0 bridgehead atoms. The minimum atomic E-state index is -0.506. The number of nitrogens with one attached hydrogen (secondary N) is 2. The van der Waals surface area contributed by atoms with Crippen LogP contribution in [0, 0.1) is 0 Å². The van der Waals surface area contributed by atoms with Crippen molar-refractivity contribution in [1.82, 2.24) is 10.6 Å². The number of hydrogen-bond donors (Lipinski definition) is 3. The third-order valence-corrected chi connectivity index (χ3v) is 4.38. The van der Waals surface area contributed by atoms with Crippen molar-refractivity contribution in [3.05, 3.63) is 59.7 Å². The number of ether oxygens (including phenoxy) is 2. The Bertz CT molecular complexity index is 741. The lowest BCUT2D eigenvalue weighted by Gasteiger charge is -2.14. The van der Waals surface area contributed by atoms with Crippen molar-refractivity contribution in [2.45, 2.75) is 25.9 Å². The number of methoxy groups -OCH3 is 2. The fraction of sp³-hybridized carbons (Fsp3) is 0.409. The molecule has 1 atom stereocenters. The molecule has 160 valence electrons. The Morgan fingerprint density at radius 3 is 2.48 bits per heavy atom. The van der Waals surface area contributed by atoms with Gasteiger partial charge in [0.05, 0.1) is 20.3 Å². The Labute approximate surface area is 190 Å². The second-order valence-corrected chi connectivity index (χ2v) is 6.33. The van der Waals surface area contributed by atoms with E-state index >= 15 is 0 Å². The maximum Gasteiger partial charge on any atom is 0.191 e. The summed E-state index contributed by atoms with van der Waals surface area (Å²) in [5.41, 5.74) is 1.99. The molecule has 0 aliphatic heterocycles. The first-order valence-corrected chi connectivity index (χ1v) is 9.64. The van der Waals surface area contributed by atoms with Gasteiger partial charge in [-0.05, 0) is 49.1 Å². The van der Waals surface area contributed by atoms with Gasteiger partial charge < -0.3 is 25.2 Å². The van der Waals surface area contributed by atoms with E-state index in [-0.39, 0.29) is 24.0 Å². The molecule has 0 spiro atoms. The van der Waals surface area contributed by atoms with Crippen LogP contribution in [0.5, 0.6) is 11.5 Å². The van der Waals surface area contributed by atoms with Crippen LogP contribution in [0.4, 0.5) is 0 Å². The van der Waals surface area contributed by atoms with Gasteiger partial charge in [-0.15, -0.1) is 24.0 Å². The summed E-state index contributed by atoms with van der Waals surface area (Å²) in [7, 11) is 3.33. The van der Waals surface area contributed by atoms with E-state index in [1.165, 1.54) is 0 Å². The Balaban J connectivity index is 0.00000420. The van der Waals surface area contributed by atoms with E-state index in [1.54, 1.807) is 14.2 Å². The molecular weight excluding hydrogens is 481 g/mol. The molecule has 0 aliphatic carbocycles. The van der Waals surface area contributed by atoms with Gasteiger partial charge in [-0.1, -0.05) is 30.3 Å². The number of guanidine groups is 1. The SMILES string of the molecule is CCNC(=NCCC(O)c1ccccc1)NCCc1cc(OC)ccc1OC.I. The third-order valence-electron chi connectivity index (χ3n) is 4.38. The summed E-state index contributed by atoms with van der Waals surface area (Å²) in [6.45, 7) is 4.04. The van der Waals surface area contributed by atoms with E-state index in [1.807, 2.05) is 55.5 Å². The average molecular weight is 513 g/mol. The highest BCUT2D eigenvalue weighted by Crippen LogP contribution is 2.24. The van der Waals surface area contributed by atoms with Crippen molar-refractivity contribution < 1.29 is 14.6 Å². The van der Waals surface area contributed by atoms with Crippen LogP contribution in [0.2, 0.25) is 0 Å². The Kier molecular flexibility index (Phi) is 12.1. The number of nitrogens with zero attached hydrogens (tertiary/aromatic N) is 1. The molecular formula is C22H32IN3O3. The van der Waals surface area contributed by atoms with Crippen LogP contribution in [0.1, 0.15) is 30.6 Å². The highest BCUT2D eigenvalue weighted by molar-refractivity contribution is 14.0. The minimum Gasteiger partial charge on any atom is -0.497 e. The molecule has 0 saturated heterocycles. The third kappa shape index (κ3) is 8.49. The van der Waals surface area contributed by atoms with Crippen molar-refractivity contribution in [2.24, 2.45) is 4.99 Å². The van der Waals surface area contributed by atoms with E-state index in [0.717, 1.165) is 41.6 Å². The van der Waals surface area contributed by atoms with E-state index in [4.69, 9.17) is 9.47 Å². The number of halogens is 1. The Hall–Kier alpha value is -2.00. The molecule has 0 aromatic heterocycles. The van der Waals surface area contributed by atoms with Crippen molar-refractivity contribution in [2.75, 3.05) is 33.9 Å². The van der Waals surface area contributed by atoms with Gasteiger partial charge in [-0.2, -0.15) is 0 Å². The van der Waals surface area contributed by atoms with E-state index < -0.39 is 6.10 Å². The second kappa shape index (κ2) is 14.1. The minimum absolute atomic E-state index is 0. The lowest BCUT2D eigenvalue weighted by molar-refractivity contribution is 0.170. The number of hydrogen-bond acceptors (Lipinski definition) is 4. The van der Waals surface area contributed by atoms with Crippen LogP contribution in [0.25, 0.3) is 0 Å². The van der Waals surface area contributed by atoms with Gasteiger partial charge in [-0.3, -0.25) is 4.99 Å². The molecule has 0 amide bonds. The Morgan fingerprint density at radius 2 is 1.83 bits per heavy atom.